The van der Waals surface area contributed by atoms with Crippen LogP contribution in [0.15, 0.2) is 12.7 Å². The van der Waals surface area contributed by atoms with E-state index in [1.54, 1.807) is 0 Å². The fraction of sp³-hybridized carbons (Fsp3) is 0.571. The second kappa shape index (κ2) is 4.49. The Kier molecular flexibility index (Phi) is 4.14. The molecule has 0 aromatic rings. The van der Waals surface area contributed by atoms with Crippen LogP contribution >= 0.6 is 0 Å². The minimum Gasteiger partial charge on any atom is -0.393 e. The molecule has 10 heteroatoms. The van der Waals surface area contributed by atoms with Crippen molar-refractivity contribution in [1.29, 1.82) is 0 Å². The first-order chi connectivity index (χ1) is 7.40. The molecule has 100 valence electrons. The van der Waals surface area contributed by atoms with Crippen LogP contribution in [0.25, 0.3) is 0 Å². The van der Waals surface area contributed by atoms with Crippen molar-refractivity contribution in [3.8, 4) is 0 Å². The minimum absolute atomic E-state index is 0.0233. The summed E-state index contributed by atoms with van der Waals surface area (Å²) in [6.07, 6.45) is -11.2. The van der Waals surface area contributed by atoms with Gasteiger partial charge in [-0.05, 0) is 0 Å². The summed E-state index contributed by atoms with van der Waals surface area (Å²) in [4.78, 5) is 10.2. The third-order valence-electron chi connectivity index (χ3n) is 1.45. The minimum atomic E-state index is -6.56. The van der Waals surface area contributed by atoms with Gasteiger partial charge < -0.3 is 4.74 Å². The fourth-order valence-electron chi connectivity index (χ4n) is 0.563. The quantitative estimate of drug-likeness (QED) is 0.437. The highest BCUT2D eigenvalue weighted by Gasteiger charge is 2.78. The molecule has 0 N–H and O–H groups in total. The van der Waals surface area contributed by atoms with Gasteiger partial charge in [-0.15, -0.1) is 0 Å². The third kappa shape index (κ3) is 2.67. The van der Waals surface area contributed by atoms with E-state index in [4.69, 9.17) is 0 Å². The Morgan fingerprint density at radius 1 is 1.12 bits per heavy atom. The van der Waals surface area contributed by atoms with Gasteiger partial charge in [-0.2, -0.15) is 26.3 Å². The van der Waals surface area contributed by atoms with Gasteiger partial charge in [0, 0.05) is 6.08 Å². The maximum Gasteiger partial charge on any atom is 0.473 e. The number of ether oxygens (including phenoxy) is 1. The smallest absolute Gasteiger partial charge is 0.393 e. The van der Waals surface area contributed by atoms with Gasteiger partial charge in [0.1, 0.15) is 0 Å². The van der Waals surface area contributed by atoms with Gasteiger partial charge in [0.25, 0.3) is 0 Å². The third-order valence-corrected chi connectivity index (χ3v) is 1.45. The zero-order chi connectivity index (χ0) is 14.1. The summed E-state index contributed by atoms with van der Waals surface area (Å²) in [5, 5.41) is 0. The lowest BCUT2D eigenvalue weighted by Gasteiger charge is -2.30. The number of alkyl halides is 8. The van der Waals surface area contributed by atoms with E-state index in [9.17, 15) is 39.9 Å². The number of hydrogen-bond acceptors (Lipinski definition) is 2. The lowest BCUT2D eigenvalue weighted by atomic mass is 10.1. The Morgan fingerprint density at radius 2 is 1.53 bits per heavy atom. The van der Waals surface area contributed by atoms with Crippen LogP contribution in [-0.4, -0.2) is 30.3 Å². The van der Waals surface area contributed by atoms with Crippen molar-refractivity contribution in [3.63, 3.8) is 0 Å². The van der Waals surface area contributed by atoms with E-state index >= 15 is 0 Å². The second-order valence-electron chi connectivity index (χ2n) is 2.64. The summed E-state index contributed by atoms with van der Waals surface area (Å²) >= 11 is 0. The largest absolute Gasteiger partial charge is 0.473 e. The molecule has 0 rings (SSSR count). The predicted molar refractivity (Wildman–Crippen MR) is 37.1 cm³/mol. The van der Waals surface area contributed by atoms with E-state index in [1.807, 2.05) is 0 Å². The Hall–Kier alpha value is -1.35. The summed E-state index contributed by atoms with van der Waals surface area (Å²) in [6.45, 7) is 2.54. The van der Waals surface area contributed by atoms with E-state index in [0.717, 1.165) is 0 Å². The number of carbonyl (C=O) groups excluding carboxylic acids is 1. The Morgan fingerprint density at radius 3 is 1.82 bits per heavy atom. The molecule has 0 saturated carbocycles. The van der Waals surface area contributed by atoms with Crippen molar-refractivity contribution in [3.05, 3.63) is 12.7 Å². The lowest BCUT2D eigenvalue weighted by molar-refractivity contribution is -0.399. The molecule has 0 atom stereocenters. The van der Waals surface area contributed by atoms with Crippen LogP contribution in [0.5, 0.6) is 0 Å². The summed E-state index contributed by atoms with van der Waals surface area (Å²) < 4.78 is 99.8. The molecular weight excluding hydrogens is 268 g/mol. The molecule has 17 heavy (non-hydrogen) atoms. The Balaban J connectivity index is 5.28. The molecule has 0 aliphatic heterocycles. The zero-order valence-electron chi connectivity index (χ0n) is 7.70. The highest BCUT2D eigenvalue weighted by molar-refractivity contribution is 5.81. The topological polar surface area (TPSA) is 26.3 Å². The van der Waals surface area contributed by atoms with Crippen LogP contribution in [0, 0.1) is 0 Å². The number of esters is 1. The molecule has 0 bridgehead atoms. The molecule has 0 amide bonds. The van der Waals surface area contributed by atoms with E-state index in [0.29, 0.717) is 0 Å². The number of halogens is 8. The number of rotatable bonds is 5. The summed E-state index contributed by atoms with van der Waals surface area (Å²) in [6, 6.07) is 0. The number of carbonyl (C=O) groups is 1. The molecular formula is C7H4F8O2. The highest BCUT2D eigenvalue weighted by atomic mass is 19.4. The average molecular weight is 272 g/mol. The first-order valence-corrected chi connectivity index (χ1v) is 3.67. The van der Waals surface area contributed by atoms with Gasteiger partial charge in [0.2, 0.25) is 0 Å². The lowest BCUT2D eigenvalue weighted by Crippen LogP contribution is -2.58. The van der Waals surface area contributed by atoms with Gasteiger partial charge in [0.05, 0.1) is 0 Å². The van der Waals surface area contributed by atoms with Gasteiger partial charge in [-0.3, -0.25) is 0 Å². The molecule has 0 saturated heterocycles. The standard InChI is InChI=1S/C7H4F8O2/c1-2-3(16)17-7(14,15)6(12,13)5(10,11)4(8)9/h2,4H,1H2. The van der Waals surface area contributed by atoms with Gasteiger partial charge in [-0.1, -0.05) is 6.58 Å². The van der Waals surface area contributed by atoms with Crippen molar-refractivity contribution >= 4 is 5.97 Å². The van der Waals surface area contributed by atoms with Gasteiger partial charge in [-0.25, -0.2) is 13.6 Å². The molecule has 0 aromatic heterocycles. The van der Waals surface area contributed by atoms with E-state index in [-0.39, 0.29) is 6.08 Å². The summed E-state index contributed by atoms with van der Waals surface area (Å²) in [7, 11) is 0. The van der Waals surface area contributed by atoms with Crippen molar-refractivity contribution in [1.82, 2.24) is 0 Å². The summed E-state index contributed by atoms with van der Waals surface area (Å²) in [5.74, 6) is -15.1. The molecule has 0 fully saturated rings. The first-order valence-electron chi connectivity index (χ1n) is 3.67. The van der Waals surface area contributed by atoms with Crippen LogP contribution < -0.4 is 0 Å². The van der Waals surface area contributed by atoms with Crippen LogP contribution in [-0.2, 0) is 9.53 Å². The normalized spacial score (nSPS) is 13.7. The molecule has 0 heterocycles. The van der Waals surface area contributed by atoms with Crippen LogP contribution in [0.1, 0.15) is 0 Å². The fourth-order valence-corrected chi connectivity index (χ4v) is 0.563. The molecule has 2 nitrogen and oxygen atoms in total. The molecule has 0 unspecified atom stereocenters. The molecule has 0 aliphatic rings. The van der Waals surface area contributed by atoms with E-state index in [2.05, 4.69) is 11.3 Å². The number of hydrogen-bond donors (Lipinski definition) is 0. The van der Waals surface area contributed by atoms with Crippen molar-refractivity contribution in [2.24, 2.45) is 0 Å². The Labute approximate surface area is 88.8 Å². The maximum atomic E-state index is 12.4. The van der Waals surface area contributed by atoms with Gasteiger partial charge in [0.15, 0.2) is 0 Å². The molecule has 0 radical (unpaired) electrons. The highest BCUT2D eigenvalue weighted by Crippen LogP contribution is 2.48. The molecule has 0 spiro atoms. The van der Waals surface area contributed by atoms with E-state index in [1.165, 1.54) is 0 Å². The van der Waals surface area contributed by atoms with Crippen molar-refractivity contribution < 1.29 is 44.7 Å². The predicted octanol–water partition coefficient (Wildman–Crippen LogP) is 2.84. The van der Waals surface area contributed by atoms with Crippen molar-refractivity contribution in [2.45, 2.75) is 24.4 Å². The van der Waals surface area contributed by atoms with Crippen molar-refractivity contribution in [2.75, 3.05) is 0 Å². The summed E-state index contributed by atoms with van der Waals surface area (Å²) in [5.41, 5.74) is 0. The SMILES string of the molecule is C=CC(=O)OC(F)(F)C(F)(F)C(F)(F)C(F)F. The van der Waals surface area contributed by atoms with Crippen LogP contribution in [0.2, 0.25) is 0 Å². The van der Waals surface area contributed by atoms with E-state index < -0.39 is 30.3 Å². The average Bonchev–Trinajstić information content (AvgIpc) is 2.15. The van der Waals surface area contributed by atoms with Gasteiger partial charge >= 0.3 is 30.3 Å². The first kappa shape index (κ1) is 15.6. The zero-order valence-corrected chi connectivity index (χ0v) is 7.70. The van der Waals surface area contributed by atoms with Crippen LogP contribution in [0.3, 0.4) is 0 Å². The second-order valence-corrected chi connectivity index (χ2v) is 2.64. The monoisotopic (exact) mass is 272 g/mol. The molecule has 0 aliphatic carbocycles. The molecule has 0 aromatic carbocycles. The maximum absolute atomic E-state index is 12.4. The Bertz CT molecular complexity index is 311. The van der Waals surface area contributed by atoms with Crippen LogP contribution in [0.4, 0.5) is 35.1 Å².